The Hall–Kier alpha value is -3.17. The average molecular weight is 503 g/mol. The van der Waals surface area contributed by atoms with Gasteiger partial charge in [-0.25, -0.2) is 9.98 Å². The molecular weight excluding hydrogens is 473 g/mol. The van der Waals surface area contributed by atoms with Crippen molar-refractivity contribution in [1.82, 2.24) is 9.97 Å². The number of benzene rings is 1. The van der Waals surface area contributed by atoms with Crippen molar-refractivity contribution in [3.8, 4) is 5.88 Å². The summed E-state index contributed by atoms with van der Waals surface area (Å²) in [5, 5.41) is 0. The molecule has 2 heterocycles. The highest BCUT2D eigenvalue weighted by Gasteiger charge is 2.43. The second-order valence-electron chi connectivity index (χ2n) is 10.5. The zero-order valence-electron chi connectivity index (χ0n) is 20.5. The Morgan fingerprint density at radius 2 is 1.92 bits per heavy atom. The van der Waals surface area contributed by atoms with Crippen molar-refractivity contribution >= 4 is 23.2 Å². The lowest BCUT2D eigenvalue weighted by atomic mass is 9.66. The van der Waals surface area contributed by atoms with Gasteiger partial charge in [0.15, 0.2) is 11.5 Å². The maximum absolute atomic E-state index is 13.2. The van der Waals surface area contributed by atoms with E-state index in [9.17, 15) is 18.0 Å². The third-order valence-corrected chi connectivity index (χ3v) is 7.85. The minimum absolute atomic E-state index is 0.0122. The van der Waals surface area contributed by atoms with E-state index in [2.05, 4.69) is 27.1 Å². The number of carbonyl (C=O) groups is 1. The Balaban J connectivity index is 1.44. The van der Waals surface area contributed by atoms with Crippen LogP contribution in [0.25, 0.3) is 0 Å². The molecule has 5 rings (SSSR count). The lowest BCUT2D eigenvalue weighted by Crippen LogP contribution is -2.41. The number of halogens is 3. The van der Waals surface area contributed by atoms with Crippen LogP contribution < -0.4 is 10.5 Å². The minimum atomic E-state index is -4.74. The maximum Gasteiger partial charge on any atom is 0.451 e. The van der Waals surface area contributed by atoms with Gasteiger partial charge in [0.1, 0.15) is 5.60 Å². The van der Waals surface area contributed by atoms with Crippen molar-refractivity contribution in [2.45, 2.75) is 76.0 Å². The first-order valence-electron chi connectivity index (χ1n) is 12.2. The highest BCUT2D eigenvalue weighted by atomic mass is 19.4. The Bertz CT molecular complexity index is 1250. The van der Waals surface area contributed by atoms with E-state index in [0.29, 0.717) is 18.1 Å². The van der Waals surface area contributed by atoms with Crippen molar-refractivity contribution in [3.63, 3.8) is 0 Å². The molecule has 0 radical (unpaired) electrons. The predicted molar refractivity (Wildman–Crippen MR) is 127 cm³/mol. The molecule has 1 aliphatic heterocycles. The van der Waals surface area contributed by atoms with Crippen molar-refractivity contribution in [1.29, 1.82) is 0 Å². The summed E-state index contributed by atoms with van der Waals surface area (Å²) in [6.45, 7) is 3.50. The third kappa shape index (κ3) is 4.20. The number of nitrogens with two attached hydrogens (primary N) is 1. The molecule has 36 heavy (non-hydrogen) atoms. The SMILES string of the molecule is COC(=O)CC1CCC2(CCc3cc(C4=Nc5c(N)nc(C(F)(F)F)nc5OC4(C)C)ccc32)CC1. The molecule has 1 aromatic heterocycles. The number of hydrogen-bond donors (Lipinski definition) is 1. The summed E-state index contributed by atoms with van der Waals surface area (Å²) in [5.74, 6) is -1.77. The summed E-state index contributed by atoms with van der Waals surface area (Å²) < 4.78 is 50.2. The van der Waals surface area contributed by atoms with E-state index in [4.69, 9.17) is 15.2 Å². The second-order valence-corrected chi connectivity index (χ2v) is 10.5. The highest BCUT2D eigenvalue weighted by molar-refractivity contribution is 6.09. The second kappa shape index (κ2) is 8.45. The van der Waals surface area contributed by atoms with Crippen LogP contribution in [0.3, 0.4) is 0 Å². The molecule has 0 atom stereocenters. The summed E-state index contributed by atoms with van der Waals surface area (Å²) in [7, 11) is 1.43. The van der Waals surface area contributed by atoms with Crippen LogP contribution in [0.1, 0.15) is 74.9 Å². The monoisotopic (exact) mass is 502 g/mol. The lowest BCUT2D eigenvalue weighted by molar-refractivity contribution is -0.145. The number of carbonyl (C=O) groups excluding carboxylic acids is 1. The molecule has 3 aliphatic rings. The van der Waals surface area contributed by atoms with Crippen LogP contribution in [0.2, 0.25) is 0 Å². The van der Waals surface area contributed by atoms with Crippen LogP contribution in [-0.4, -0.2) is 34.4 Å². The molecule has 1 spiro atoms. The van der Waals surface area contributed by atoms with Gasteiger partial charge in [0.2, 0.25) is 11.7 Å². The molecule has 192 valence electrons. The minimum Gasteiger partial charge on any atom is -0.469 e. The zero-order valence-corrected chi connectivity index (χ0v) is 20.5. The molecule has 0 saturated heterocycles. The topological polar surface area (TPSA) is 99.7 Å². The number of nitrogens with zero attached hydrogens (tertiary/aromatic N) is 3. The van der Waals surface area contributed by atoms with E-state index in [0.717, 1.165) is 44.1 Å². The van der Waals surface area contributed by atoms with Gasteiger partial charge in [-0.1, -0.05) is 12.1 Å². The number of fused-ring (bicyclic) bond motifs is 3. The summed E-state index contributed by atoms with van der Waals surface area (Å²) in [4.78, 5) is 23.2. The number of alkyl halides is 3. The molecule has 2 aromatic rings. The number of anilines is 1. The van der Waals surface area contributed by atoms with Crippen molar-refractivity contribution < 1.29 is 27.4 Å². The number of aromatic nitrogens is 2. The van der Waals surface area contributed by atoms with Gasteiger partial charge in [-0.3, -0.25) is 4.79 Å². The average Bonchev–Trinajstić information content (AvgIpc) is 3.16. The van der Waals surface area contributed by atoms with E-state index >= 15 is 0 Å². The molecule has 1 fully saturated rings. The first-order chi connectivity index (χ1) is 16.9. The zero-order chi connectivity index (χ0) is 25.9. The van der Waals surface area contributed by atoms with Crippen LogP contribution in [-0.2, 0) is 27.5 Å². The number of nitrogen functional groups attached to an aromatic ring is 1. The smallest absolute Gasteiger partial charge is 0.451 e. The van der Waals surface area contributed by atoms with Gasteiger partial charge in [0.05, 0.1) is 12.8 Å². The van der Waals surface area contributed by atoms with Gasteiger partial charge in [-0.05, 0) is 80.9 Å². The number of rotatable bonds is 3. The number of methoxy groups -OCH3 is 1. The number of aryl methyl sites for hydroxylation is 1. The van der Waals surface area contributed by atoms with Gasteiger partial charge in [-0.2, -0.15) is 18.2 Å². The summed E-state index contributed by atoms with van der Waals surface area (Å²) in [5.41, 5.74) is 8.94. The summed E-state index contributed by atoms with van der Waals surface area (Å²) in [6, 6.07) is 6.27. The van der Waals surface area contributed by atoms with E-state index in [1.807, 2.05) is 6.07 Å². The normalized spacial score (nSPS) is 24.5. The maximum atomic E-state index is 13.2. The largest absolute Gasteiger partial charge is 0.469 e. The third-order valence-electron chi connectivity index (χ3n) is 7.85. The van der Waals surface area contributed by atoms with Crippen LogP contribution in [0.5, 0.6) is 5.88 Å². The molecular formula is C26H29F3N4O3. The van der Waals surface area contributed by atoms with E-state index in [-0.39, 0.29) is 28.8 Å². The molecule has 0 unspecified atom stereocenters. The van der Waals surface area contributed by atoms with Gasteiger partial charge in [-0.15, -0.1) is 0 Å². The van der Waals surface area contributed by atoms with Gasteiger partial charge >= 0.3 is 12.1 Å². The van der Waals surface area contributed by atoms with Crippen molar-refractivity contribution in [3.05, 3.63) is 40.7 Å². The van der Waals surface area contributed by atoms with Crippen molar-refractivity contribution in [2.75, 3.05) is 12.8 Å². The van der Waals surface area contributed by atoms with E-state index in [1.165, 1.54) is 18.2 Å². The van der Waals surface area contributed by atoms with Crippen molar-refractivity contribution in [2.24, 2.45) is 10.9 Å². The molecule has 7 nitrogen and oxygen atoms in total. The molecule has 10 heteroatoms. The Morgan fingerprint density at radius 1 is 1.19 bits per heavy atom. The fourth-order valence-corrected chi connectivity index (χ4v) is 5.95. The summed E-state index contributed by atoms with van der Waals surface area (Å²) >= 11 is 0. The Morgan fingerprint density at radius 3 is 2.58 bits per heavy atom. The molecule has 0 amide bonds. The predicted octanol–water partition coefficient (Wildman–Crippen LogP) is 5.31. The first-order valence-corrected chi connectivity index (χ1v) is 12.2. The number of esters is 1. The standard InChI is InChI=1S/C26H29F3N4O3/c1-24(2)20(31-19-21(30)32-23(26(27,28)29)33-22(19)36-24)16-4-5-17-15(13-16)8-11-25(17)9-6-14(7-10-25)12-18(34)35-3/h4-5,13-14H,6-12H2,1-3H3,(H2,30,32,33). The molecule has 2 aliphatic carbocycles. The molecule has 1 saturated carbocycles. The van der Waals surface area contributed by atoms with Gasteiger partial charge in [0, 0.05) is 12.0 Å². The molecule has 1 aromatic carbocycles. The molecule has 0 bridgehead atoms. The lowest BCUT2D eigenvalue weighted by Gasteiger charge is -2.38. The summed E-state index contributed by atoms with van der Waals surface area (Å²) in [6.07, 6.45) is 1.82. The Kier molecular flexibility index (Phi) is 5.76. The van der Waals surface area contributed by atoms with Gasteiger partial charge in [0.25, 0.3) is 0 Å². The fraction of sp³-hybridized carbons (Fsp3) is 0.538. The first kappa shape index (κ1) is 24.5. The van der Waals surface area contributed by atoms with Gasteiger partial charge < -0.3 is 15.2 Å². The number of ether oxygens (including phenoxy) is 2. The van der Waals surface area contributed by atoms with Crippen LogP contribution in [0.15, 0.2) is 23.2 Å². The van der Waals surface area contributed by atoms with Crippen LogP contribution >= 0.6 is 0 Å². The number of hydrogen-bond acceptors (Lipinski definition) is 7. The fourth-order valence-electron chi connectivity index (χ4n) is 5.95. The molecule has 2 N–H and O–H groups in total. The van der Waals surface area contributed by atoms with Crippen LogP contribution in [0, 0.1) is 5.92 Å². The quantitative estimate of drug-likeness (QED) is 0.572. The van der Waals surface area contributed by atoms with E-state index in [1.54, 1.807) is 13.8 Å². The number of aliphatic imine (C=N–C) groups is 1. The van der Waals surface area contributed by atoms with Crippen LogP contribution in [0.4, 0.5) is 24.7 Å². The van der Waals surface area contributed by atoms with E-state index < -0.39 is 17.6 Å². The Labute approximate surface area is 207 Å². The highest BCUT2D eigenvalue weighted by Crippen LogP contribution is 2.51.